The van der Waals surface area contributed by atoms with E-state index in [1.807, 2.05) is 0 Å². The topological polar surface area (TPSA) is 0 Å². The van der Waals surface area contributed by atoms with Crippen LogP contribution in [0.2, 0.25) is 0 Å². The van der Waals surface area contributed by atoms with E-state index in [9.17, 15) is 0 Å². The second-order valence-electron chi connectivity index (χ2n) is 40.5. The maximum absolute atomic E-state index is 2.40. The zero-order chi connectivity index (χ0) is 91.9. The Hall–Kier alpha value is -14.0. The van der Waals surface area contributed by atoms with Gasteiger partial charge in [-0.25, -0.2) is 0 Å². The predicted octanol–water partition coefficient (Wildman–Crippen LogP) is 35.8. The van der Waals surface area contributed by atoms with Crippen LogP contribution in [0.4, 0.5) is 0 Å². The summed E-state index contributed by atoms with van der Waals surface area (Å²) >= 11 is 0. The van der Waals surface area contributed by atoms with Gasteiger partial charge >= 0.3 is 0 Å². The molecule has 6 aliphatic rings. The second kappa shape index (κ2) is 34.4. The molecule has 0 saturated carbocycles. The van der Waals surface area contributed by atoms with Crippen molar-refractivity contribution in [3.63, 3.8) is 0 Å². The van der Waals surface area contributed by atoms with Crippen LogP contribution >= 0.6 is 0 Å². The van der Waals surface area contributed by atoms with Gasteiger partial charge in [-0.3, -0.25) is 0 Å². The highest BCUT2D eigenvalue weighted by Crippen LogP contribution is 2.59. The maximum Gasteiger partial charge on any atom is 0.0165 e. The average molecular weight is 1710 g/mol. The lowest BCUT2D eigenvalue weighted by Gasteiger charge is -2.25. The molecular weight excluding hydrogens is 1590 g/mol. The Morgan fingerprint density at radius 2 is 0.455 bits per heavy atom. The number of hydrogen-bond acceptors (Lipinski definition) is 0. The van der Waals surface area contributed by atoms with Crippen molar-refractivity contribution in [2.75, 3.05) is 0 Å². The summed E-state index contributed by atoms with van der Waals surface area (Å²) in [6, 6.07) is 145. The molecule has 18 aromatic carbocycles. The Morgan fingerprint density at radius 1 is 0.136 bits per heavy atom. The van der Waals surface area contributed by atoms with Crippen LogP contribution in [0.15, 0.2) is 400 Å². The molecule has 0 nitrogen and oxygen atoms in total. The Kier molecular flexibility index (Phi) is 22.7. The van der Waals surface area contributed by atoms with Crippen LogP contribution in [0.5, 0.6) is 0 Å². The zero-order valence-electron chi connectivity index (χ0n) is 80.1. The van der Waals surface area contributed by atoms with E-state index in [2.05, 4.69) is 525 Å². The molecule has 0 aromatic heterocycles. The molecule has 0 N–H and O–H groups in total. The quantitative estimate of drug-likeness (QED) is 0.156. The number of hydrogen-bond donors (Lipinski definition) is 0. The summed E-state index contributed by atoms with van der Waals surface area (Å²) in [6.07, 6.45) is 0. The molecule has 0 bridgehead atoms. The summed E-state index contributed by atoms with van der Waals surface area (Å²) in [4.78, 5) is 0. The highest BCUT2D eigenvalue weighted by molar-refractivity contribution is 5.96. The molecule has 0 heterocycles. The van der Waals surface area contributed by atoms with E-state index in [-0.39, 0.29) is 32.5 Å². The van der Waals surface area contributed by atoms with Gasteiger partial charge in [0, 0.05) is 32.5 Å². The number of rotatable bonds is 6. The molecule has 0 heteroatoms. The number of aryl methyl sites for hydroxylation is 5. The summed E-state index contributed by atoms with van der Waals surface area (Å²) in [7, 11) is 0. The van der Waals surface area contributed by atoms with Crippen molar-refractivity contribution >= 4 is 0 Å². The third kappa shape index (κ3) is 15.2. The van der Waals surface area contributed by atoms with Gasteiger partial charge in [-0.1, -0.05) is 477 Å². The molecule has 132 heavy (non-hydrogen) atoms. The Balaban J connectivity index is 0.000000102. The van der Waals surface area contributed by atoms with Gasteiger partial charge in [-0.2, -0.15) is 0 Å². The van der Waals surface area contributed by atoms with Crippen LogP contribution in [0.1, 0.15) is 183 Å². The van der Waals surface area contributed by atoms with Crippen molar-refractivity contribution in [2.24, 2.45) is 0 Å². The van der Waals surface area contributed by atoms with E-state index >= 15 is 0 Å². The van der Waals surface area contributed by atoms with Crippen molar-refractivity contribution in [3.05, 3.63) is 501 Å². The van der Waals surface area contributed by atoms with Crippen LogP contribution in [-0.2, 0) is 32.5 Å². The summed E-state index contributed by atoms with van der Waals surface area (Å²) < 4.78 is 0. The molecule has 0 radical (unpaired) electrons. The molecule has 0 amide bonds. The molecular formula is C132H120. The van der Waals surface area contributed by atoms with Crippen LogP contribution in [0.25, 0.3) is 134 Å². The predicted molar refractivity (Wildman–Crippen MR) is 565 cm³/mol. The van der Waals surface area contributed by atoms with E-state index in [0.717, 1.165) is 0 Å². The van der Waals surface area contributed by atoms with Gasteiger partial charge in [0.05, 0.1) is 0 Å². The first-order chi connectivity index (χ1) is 63.6. The molecule has 0 atom stereocenters. The van der Waals surface area contributed by atoms with Crippen molar-refractivity contribution in [1.82, 2.24) is 0 Å². The average Bonchev–Trinajstić information content (AvgIpc) is 1.56. The fraction of sp³-hybridized carbons (Fsp3) is 0.182. The first kappa shape index (κ1) is 87.3. The van der Waals surface area contributed by atoms with Gasteiger partial charge in [0.1, 0.15) is 0 Å². The van der Waals surface area contributed by atoms with Crippen molar-refractivity contribution in [3.8, 4) is 134 Å². The lowest BCUT2D eigenvalue weighted by Crippen LogP contribution is -2.16. The van der Waals surface area contributed by atoms with Gasteiger partial charge < -0.3 is 0 Å². The van der Waals surface area contributed by atoms with E-state index in [4.69, 9.17) is 0 Å². The van der Waals surface area contributed by atoms with Gasteiger partial charge in [0.15, 0.2) is 0 Å². The zero-order valence-corrected chi connectivity index (χ0v) is 80.1. The van der Waals surface area contributed by atoms with Crippen molar-refractivity contribution in [1.29, 1.82) is 0 Å². The van der Waals surface area contributed by atoms with E-state index < -0.39 is 0 Å². The molecule has 6 aliphatic carbocycles. The fourth-order valence-electron chi connectivity index (χ4n) is 23.4. The smallest absolute Gasteiger partial charge is 0.0165 e. The van der Waals surface area contributed by atoms with E-state index in [0.29, 0.717) is 0 Å². The SMILES string of the molecule is Cc1c(-c2ccccc2)ccc2c1C(C)(C)c1ccccc1-2.Cc1cc(-c2ccccc2)c2c(c1)-c1ccccc1C2(C)C.Cc1cc(-c2ccccc2)c2c(c1)C(C)(C)c1ccccc1-2.Cc1cc(-c2ccccc2)cc2c1-c1ccccc1C2(C)C.Cc1cc2c(cc1-c1ccccc1)C(C)(C)c1ccccc1-2.Cc1ccc2c(c1-c1ccccc1)C(C)(C)c1ccccc1-2. The Labute approximate surface area is 785 Å². The van der Waals surface area contributed by atoms with Gasteiger partial charge in [0.25, 0.3) is 0 Å². The van der Waals surface area contributed by atoms with E-state index in [1.165, 1.54) is 234 Å². The number of fused-ring (bicyclic) bond motifs is 18. The van der Waals surface area contributed by atoms with E-state index in [1.54, 1.807) is 0 Å². The standard InChI is InChI=1S/6C22H20/c1-15-13-17(16-9-5-4-6-10-16)14-20-21(15)18-11-7-8-12-19(18)22(20,2)3;1-15-13-19-17-11-7-8-12-20(17)22(2,3)21(19)14-18(15)16-9-5-4-6-10-16;1-15-13-18(16-9-5-4-6-10-16)21-19(14-15)17-11-7-8-12-20(17)22(21,2)3;1-15-13-18(16-9-5-4-6-10-16)21-17-11-7-8-12-19(17)22(2,3)20(21)14-15;1-15-17(16-9-5-4-6-10-16)13-14-19-18-11-7-8-12-20(18)22(2,3)21(15)19;1-15-13-14-18-17-11-7-8-12-19(17)22(2,3)21(18)20(15)16-9-5-4-6-10-16/h6*4-14H,1-3H3. The molecule has 0 fully saturated rings. The molecule has 648 valence electrons. The van der Waals surface area contributed by atoms with Gasteiger partial charge in [-0.15, -0.1) is 0 Å². The lowest BCUT2D eigenvalue weighted by atomic mass is 9.77. The highest BCUT2D eigenvalue weighted by Gasteiger charge is 2.43. The van der Waals surface area contributed by atoms with Crippen LogP contribution < -0.4 is 0 Å². The molecule has 0 aliphatic heterocycles. The van der Waals surface area contributed by atoms with Gasteiger partial charge in [-0.05, 0) is 282 Å². The van der Waals surface area contributed by atoms with Crippen LogP contribution in [0.3, 0.4) is 0 Å². The van der Waals surface area contributed by atoms with Crippen molar-refractivity contribution in [2.45, 2.75) is 157 Å². The Morgan fingerprint density at radius 3 is 0.947 bits per heavy atom. The van der Waals surface area contributed by atoms with Crippen molar-refractivity contribution < 1.29 is 0 Å². The first-order valence-electron chi connectivity index (χ1n) is 47.4. The normalized spacial score (nSPS) is 14.5. The third-order valence-corrected chi connectivity index (χ3v) is 29.8. The fourth-order valence-corrected chi connectivity index (χ4v) is 23.4. The summed E-state index contributed by atoms with van der Waals surface area (Å²) in [5, 5.41) is 0. The largest absolute Gasteiger partial charge is 0.0622 e. The molecule has 18 aromatic rings. The summed E-state index contributed by atoms with van der Waals surface area (Å²) in [5.74, 6) is 0. The molecule has 0 saturated heterocycles. The highest BCUT2D eigenvalue weighted by atomic mass is 14.5. The minimum absolute atomic E-state index is 0.0448. The maximum atomic E-state index is 2.40. The monoisotopic (exact) mass is 1700 g/mol. The third-order valence-electron chi connectivity index (χ3n) is 29.8. The van der Waals surface area contributed by atoms with Gasteiger partial charge in [0.2, 0.25) is 0 Å². The summed E-state index contributed by atoms with van der Waals surface area (Å²) in [6.45, 7) is 41.5. The molecule has 24 rings (SSSR count). The lowest BCUT2D eigenvalue weighted by molar-refractivity contribution is 0.656. The summed E-state index contributed by atoms with van der Waals surface area (Å²) in [5.41, 5.74) is 58.7. The second-order valence-corrected chi connectivity index (χ2v) is 40.5. The first-order valence-corrected chi connectivity index (χ1v) is 47.4. The van der Waals surface area contributed by atoms with Crippen LogP contribution in [-0.4, -0.2) is 0 Å². The minimum atomic E-state index is 0.0448. The molecule has 0 spiro atoms. The number of benzene rings is 18. The van der Waals surface area contributed by atoms with Crippen LogP contribution in [0, 0.1) is 41.5 Å². The Bertz CT molecular complexity index is 7380. The minimum Gasteiger partial charge on any atom is -0.0622 e. The molecule has 0 unspecified atom stereocenters.